The maximum Gasteiger partial charge on any atom is 0.410 e. The van der Waals surface area contributed by atoms with Gasteiger partial charge in [-0.25, -0.2) is 4.79 Å². The molecule has 5 nitrogen and oxygen atoms in total. The van der Waals surface area contributed by atoms with Crippen molar-refractivity contribution in [2.75, 3.05) is 13.6 Å². The molecule has 0 fully saturated rings. The van der Waals surface area contributed by atoms with Crippen molar-refractivity contribution in [2.24, 2.45) is 5.92 Å². The summed E-state index contributed by atoms with van der Waals surface area (Å²) in [7, 11) is 1.64. The second-order valence-corrected chi connectivity index (χ2v) is 7.51. The molecule has 22 heavy (non-hydrogen) atoms. The summed E-state index contributed by atoms with van der Waals surface area (Å²) in [6, 6.07) is 2.03. The maximum absolute atomic E-state index is 12.1. The molecule has 1 aromatic rings. The normalized spacial score (nSPS) is 12.6. The maximum atomic E-state index is 12.1. The van der Waals surface area contributed by atoms with Crippen LogP contribution in [0.4, 0.5) is 4.79 Å². The van der Waals surface area contributed by atoms with Crippen LogP contribution in [-0.2, 0) is 16.1 Å². The summed E-state index contributed by atoms with van der Waals surface area (Å²) in [5.74, 6) is -0.360. The second-order valence-electron chi connectivity index (χ2n) is 6.51. The van der Waals surface area contributed by atoms with Crippen LogP contribution in [0, 0.1) is 12.8 Å². The summed E-state index contributed by atoms with van der Waals surface area (Å²) in [4.78, 5) is 26.6. The summed E-state index contributed by atoms with van der Waals surface area (Å²) in [6.45, 7) is 10.1. The van der Waals surface area contributed by atoms with Gasteiger partial charge in [-0.3, -0.25) is 4.79 Å². The molecule has 0 aromatic carbocycles. The number of ether oxygens (including phenoxy) is 1. The predicted molar refractivity (Wildman–Crippen MR) is 88.9 cm³/mol. The molecule has 1 N–H and O–H groups in total. The highest BCUT2D eigenvalue weighted by Crippen LogP contribution is 2.15. The van der Waals surface area contributed by atoms with Crippen molar-refractivity contribution in [3.8, 4) is 0 Å². The van der Waals surface area contributed by atoms with Crippen molar-refractivity contribution >= 4 is 23.3 Å². The molecule has 2 amide bonds. The minimum Gasteiger partial charge on any atom is -0.444 e. The lowest BCUT2D eigenvalue weighted by atomic mass is 10.1. The van der Waals surface area contributed by atoms with Crippen molar-refractivity contribution in [1.82, 2.24) is 10.2 Å². The van der Waals surface area contributed by atoms with Crippen LogP contribution in [0.25, 0.3) is 0 Å². The van der Waals surface area contributed by atoms with Gasteiger partial charge in [0, 0.05) is 18.5 Å². The van der Waals surface area contributed by atoms with Crippen LogP contribution in [0.2, 0.25) is 0 Å². The topological polar surface area (TPSA) is 58.6 Å². The molecule has 124 valence electrons. The molecule has 0 saturated heterocycles. The molecule has 0 spiro atoms. The van der Waals surface area contributed by atoms with Crippen LogP contribution in [0.1, 0.15) is 38.1 Å². The number of nitrogens with zero attached hydrogens (tertiary/aromatic N) is 1. The molecule has 0 unspecified atom stereocenters. The van der Waals surface area contributed by atoms with E-state index in [1.807, 2.05) is 39.1 Å². The zero-order valence-electron chi connectivity index (χ0n) is 14.2. The van der Waals surface area contributed by atoms with Crippen molar-refractivity contribution < 1.29 is 14.3 Å². The number of aryl methyl sites for hydroxylation is 1. The first-order chi connectivity index (χ1) is 10.1. The number of thiophene rings is 1. The number of rotatable bonds is 5. The zero-order chi connectivity index (χ0) is 16.9. The quantitative estimate of drug-likeness (QED) is 0.904. The fraction of sp³-hybridized carbons (Fsp3) is 0.625. The van der Waals surface area contributed by atoms with E-state index < -0.39 is 11.7 Å². The summed E-state index contributed by atoms with van der Waals surface area (Å²) < 4.78 is 5.27. The smallest absolute Gasteiger partial charge is 0.410 e. The number of carbonyl (C=O) groups excluding carboxylic acids is 2. The molecule has 0 radical (unpaired) electrons. The van der Waals surface area contributed by atoms with Crippen molar-refractivity contribution in [2.45, 2.75) is 46.8 Å². The minimum atomic E-state index is -0.534. The molecular formula is C16H26N2O3S. The highest BCUT2D eigenvalue weighted by molar-refractivity contribution is 7.10. The fourth-order valence-electron chi connectivity index (χ4n) is 1.83. The third-order valence-electron chi connectivity index (χ3n) is 3.09. The molecular weight excluding hydrogens is 300 g/mol. The first-order valence-corrected chi connectivity index (χ1v) is 8.23. The van der Waals surface area contributed by atoms with Gasteiger partial charge in [-0.05, 0) is 44.7 Å². The van der Waals surface area contributed by atoms with Gasteiger partial charge < -0.3 is 15.0 Å². The van der Waals surface area contributed by atoms with Crippen LogP contribution in [-0.4, -0.2) is 36.1 Å². The van der Waals surface area contributed by atoms with E-state index >= 15 is 0 Å². The molecule has 6 heteroatoms. The van der Waals surface area contributed by atoms with Gasteiger partial charge in [0.2, 0.25) is 5.91 Å². The zero-order valence-corrected chi connectivity index (χ0v) is 15.0. The SMILES string of the molecule is Cc1ccsc1CNC(=O)[C@@H](C)CN(C)C(=O)OC(C)(C)C. The lowest BCUT2D eigenvalue weighted by Crippen LogP contribution is -2.40. The van der Waals surface area contributed by atoms with Crippen molar-refractivity contribution in [3.63, 3.8) is 0 Å². The van der Waals surface area contributed by atoms with E-state index in [4.69, 9.17) is 4.74 Å². The molecule has 1 rings (SSSR count). The van der Waals surface area contributed by atoms with Gasteiger partial charge in [-0.1, -0.05) is 6.92 Å². The fourth-order valence-corrected chi connectivity index (χ4v) is 2.68. The van der Waals surface area contributed by atoms with E-state index in [9.17, 15) is 9.59 Å². The molecule has 0 saturated carbocycles. The van der Waals surface area contributed by atoms with Gasteiger partial charge in [-0.15, -0.1) is 11.3 Å². The second kappa shape index (κ2) is 7.63. The number of carbonyl (C=O) groups is 2. The van der Waals surface area contributed by atoms with Gasteiger partial charge in [-0.2, -0.15) is 0 Å². The standard InChI is InChI=1S/C16H26N2O3S/c1-11-7-8-22-13(11)9-17-14(19)12(2)10-18(6)15(20)21-16(3,4)5/h7-8,12H,9-10H2,1-6H3,(H,17,19)/t12-/m0/s1. The molecule has 1 aromatic heterocycles. The van der Waals surface area contributed by atoms with E-state index in [-0.39, 0.29) is 11.8 Å². The van der Waals surface area contributed by atoms with Crippen LogP contribution in [0.15, 0.2) is 11.4 Å². The Kier molecular flexibility index (Phi) is 6.41. The van der Waals surface area contributed by atoms with Crippen LogP contribution in [0.5, 0.6) is 0 Å². The third-order valence-corrected chi connectivity index (χ3v) is 4.11. The van der Waals surface area contributed by atoms with E-state index in [0.29, 0.717) is 13.1 Å². The van der Waals surface area contributed by atoms with Gasteiger partial charge >= 0.3 is 6.09 Å². The average molecular weight is 326 g/mol. The van der Waals surface area contributed by atoms with Crippen LogP contribution < -0.4 is 5.32 Å². The summed E-state index contributed by atoms with van der Waals surface area (Å²) in [5.41, 5.74) is 0.650. The van der Waals surface area contributed by atoms with Gasteiger partial charge in [0.05, 0.1) is 12.5 Å². The van der Waals surface area contributed by atoms with Crippen LogP contribution >= 0.6 is 11.3 Å². The highest BCUT2D eigenvalue weighted by atomic mass is 32.1. The Bertz CT molecular complexity index is 520. The Morgan fingerprint density at radius 3 is 2.55 bits per heavy atom. The van der Waals surface area contributed by atoms with Crippen LogP contribution in [0.3, 0.4) is 0 Å². The molecule has 0 bridgehead atoms. The Morgan fingerprint density at radius 1 is 1.41 bits per heavy atom. The number of hydrogen-bond donors (Lipinski definition) is 1. The molecule has 1 heterocycles. The summed E-state index contributed by atoms with van der Waals surface area (Å²) in [6.07, 6.45) is -0.416. The molecule has 0 aliphatic carbocycles. The Morgan fingerprint density at radius 2 is 2.05 bits per heavy atom. The molecule has 1 atom stereocenters. The first-order valence-electron chi connectivity index (χ1n) is 7.35. The molecule has 0 aliphatic rings. The third kappa shape index (κ3) is 6.05. The van der Waals surface area contributed by atoms with Crippen molar-refractivity contribution in [1.29, 1.82) is 0 Å². The number of hydrogen-bond acceptors (Lipinski definition) is 4. The summed E-state index contributed by atoms with van der Waals surface area (Å²) >= 11 is 1.63. The van der Waals surface area contributed by atoms with E-state index in [1.165, 1.54) is 10.5 Å². The van der Waals surface area contributed by atoms with E-state index in [2.05, 4.69) is 5.32 Å². The Labute approximate surface area is 136 Å². The Balaban J connectivity index is 2.43. The average Bonchev–Trinajstić information content (AvgIpc) is 2.79. The monoisotopic (exact) mass is 326 g/mol. The largest absolute Gasteiger partial charge is 0.444 e. The van der Waals surface area contributed by atoms with Gasteiger partial charge in [0.25, 0.3) is 0 Å². The number of amides is 2. The highest BCUT2D eigenvalue weighted by Gasteiger charge is 2.23. The van der Waals surface area contributed by atoms with Gasteiger partial charge in [0.15, 0.2) is 0 Å². The summed E-state index contributed by atoms with van der Waals surface area (Å²) in [5, 5.41) is 4.92. The lowest BCUT2D eigenvalue weighted by molar-refractivity contribution is -0.125. The van der Waals surface area contributed by atoms with Gasteiger partial charge in [0.1, 0.15) is 5.60 Å². The Hall–Kier alpha value is -1.56. The first kappa shape index (κ1) is 18.5. The predicted octanol–water partition coefficient (Wildman–Crippen LogP) is 3.18. The van der Waals surface area contributed by atoms with E-state index in [0.717, 1.165) is 4.88 Å². The lowest BCUT2D eigenvalue weighted by Gasteiger charge is -2.26. The minimum absolute atomic E-state index is 0.0665. The number of nitrogens with one attached hydrogen (secondary N) is 1. The van der Waals surface area contributed by atoms with Crippen molar-refractivity contribution in [3.05, 3.63) is 21.9 Å². The van der Waals surface area contributed by atoms with E-state index in [1.54, 1.807) is 25.3 Å². The molecule has 0 aliphatic heterocycles.